The van der Waals surface area contributed by atoms with E-state index in [1.807, 2.05) is 34.6 Å². The Bertz CT molecular complexity index is 328. The normalized spacial score (nSPS) is 12.0. The Morgan fingerprint density at radius 3 is 1.75 bits per heavy atom. The van der Waals surface area contributed by atoms with Crippen LogP contribution in [0.2, 0.25) is 0 Å². The summed E-state index contributed by atoms with van der Waals surface area (Å²) in [7, 11) is 3.40. The number of amides is 2. The van der Waals surface area contributed by atoms with Crippen LogP contribution in [-0.2, 0) is 9.59 Å². The average Bonchev–Trinajstić information content (AvgIpc) is 2.60. The molecule has 144 valence electrons. The van der Waals surface area contributed by atoms with Crippen molar-refractivity contribution in [2.45, 2.75) is 92.4 Å². The second-order valence-electron chi connectivity index (χ2n) is 6.99. The Hall–Kier alpha value is -1.06. The van der Waals surface area contributed by atoms with Gasteiger partial charge in [-0.25, -0.2) is 0 Å². The summed E-state index contributed by atoms with van der Waals surface area (Å²) < 4.78 is 0. The highest BCUT2D eigenvalue weighted by Gasteiger charge is 2.25. The summed E-state index contributed by atoms with van der Waals surface area (Å²) in [5.74, 6) is 0.424. The van der Waals surface area contributed by atoms with Gasteiger partial charge in [0.25, 0.3) is 0 Å². The Labute approximate surface area is 150 Å². The zero-order valence-corrected chi connectivity index (χ0v) is 17.3. The highest BCUT2D eigenvalue weighted by atomic mass is 16.2. The lowest BCUT2D eigenvalue weighted by Crippen LogP contribution is -2.34. The molecule has 0 saturated carbocycles. The molecule has 0 fully saturated rings. The maximum atomic E-state index is 11.7. The summed E-state index contributed by atoms with van der Waals surface area (Å²) in [6.07, 6.45) is 10.4. The molecule has 0 aliphatic heterocycles. The van der Waals surface area contributed by atoms with E-state index < -0.39 is 0 Å². The minimum atomic E-state index is -0.245. The van der Waals surface area contributed by atoms with Crippen molar-refractivity contribution < 1.29 is 9.59 Å². The molecule has 0 spiro atoms. The van der Waals surface area contributed by atoms with Gasteiger partial charge < -0.3 is 10.6 Å². The largest absolute Gasteiger partial charge is 0.359 e. The highest BCUT2D eigenvalue weighted by Crippen LogP contribution is 2.24. The zero-order chi connectivity index (χ0) is 19.0. The Morgan fingerprint density at radius 2 is 1.29 bits per heavy atom. The van der Waals surface area contributed by atoms with Gasteiger partial charge in [0.2, 0.25) is 11.8 Å². The molecule has 24 heavy (non-hydrogen) atoms. The molecule has 0 saturated heterocycles. The van der Waals surface area contributed by atoms with Crippen LogP contribution in [-0.4, -0.2) is 25.9 Å². The summed E-state index contributed by atoms with van der Waals surface area (Å²) in [6, 6.07) is 0. The molecule has 0 aromatic heterocycles. The van der Waals surface area contributed by atoms with Crippen LogP contribution in [0.15, 0.2) is 0 Å². The number of unbranched alkanes of at least 4 members (excludes halogenated alkanes) is 6. The lowest BCUT2D eigenvalue weighted by atomic mass is 9.86. The van der Waals surface area contributed by atoms with Crippen LogP contribution in [0.5, 0.6) is 0 Å². The van der Waals surface area contributed by atoms with Gasteiger partial charge in [-0.05, 0) is 12.8 Å². The van der Waals surface area contributed by atoms with Crippen molar-refractivity contribution in [1.82, 2.24) is 10.6 Å². The van der Waals surface area contributed by atoms with Crippen LogP contribution in [0.4, 0.5) is 0 Å². The molecule has 0 aromatic carbocycles. The quantitative estimate of drug-likeness (QED) is 0.506. The molecule has 0 heterocycles. The van der Waals surface area contributed by atoms with Crippen LogP contribution in [0, 0.1) is 11.3 Å². The van der Waals surface area contributed by atoms with Gasteiger partial charge in [0, 0.05) is 25.4 Å². The third kappa shape index (κ3) is 12.4. The van der Waals surface area contributed by atoms with Crippen molar-refractivity contribution >= 4 is 11.8 Å². The molecule has 1 atom stereocenters. The van der Waals surface area contributed by atoms with Gasteiger partial charge >= 0.3 is 0 Å². The molecule has 0 aliphatic rings. The Balaban J connectivity index is 0. The van der Waals surface area contributed by atoms with Gasteiger partial charge in [-0.3, -0.25) is 9.59 Å². The average molecular weight is 343 g/mol. The van der Waals surface area contributed by atoms with Gasteiger partial charge in [-0.15, -0.1) is 0 Å². The highest BCUT2D eigenvalue weighted by molar-refractivity contribution is 5.81. The topological polar surface area (TPSA) is 58.2 Å². The van der Waals surface area contributed by atoms with Gasteiger partial charge in [0.15, 0.2) is 0 Å². The number of nitrogens with one attached hydrogen (secondary N) is 2. The molecule has 0 aliphatic carbocycles. The fraction of sp³-hybridized carbons (Fsp3) is 0.900. The van der Waals surface area contributed by atoms with E-state index in [4.69, 9.17) is 0 Å². The third-order valence-corrected chi connectivity index (χ3v) is 4.47. The van der Waals surface area contributed by atoms with E-state index in [2.05, 4.69) is 10.6 Å². The number of carbonyl (C=O) groups excluding carboxylic acids is 2. The number of rotatable bonds is 12. The van der Waals surface area contributed by atoms with Crippen LogP contribution < -0.4 is 10.6 Å². The first-order valence-electron chi connectivity index (χ1n) is 9.79. The maximum absolute atomic E-state index is 11.7. The van der Waals surface area contributed by atoms with E-state index in [9.17, 15) is 9.59 Å². The van der Waals surface area contributed by atoms with Crippen molar-refractivity contribution in [1.29, 1.82) is 0 Å². The predicted molar refractivity (Wildman–Crippen MR) is 104 cm³/mol. The molecule has 2 N–H and O–H groups in total. The van der Waals surface area contributed by atoms with Crippen LogP contribution in [0.25, 0.3) is 0 Å². The fourth-order valence-electron chi connectivity index (χ4n) is 2.73. The molecule has 0 radical (unpaired) electrons. The standard InChI is InChI=1S/C18H36N2O2.C2H6/c1-15(16(21)19-4)13-11-9-7-6-8-10-12-14-18(2,3)17(22)20-5;1-2/h15H,6-14H2,1-5H3,(H,19,21)(H,20,22);1-2H3. The number of carbonyl (C=O) groups is 2. The minimum Gasteiger partial charge on any atom is -0.359 e. The van der Waals surface area contributed by atoms with E-state index in [-0.39, 0.29) is 23.1 Å². The maximum Gasteiger partial charge on any atom is 0.225 e. The van der Waals surface area contributed by atoms with Gasteiger partial charge in [0.1, 0.15) is 0 Å². The second kappa shape index (κ2) is 15.5. The van der Waals surface area contributed by atoms with Crippen LogP contribution in [0.3, 0.4) is 0 Å². The first-order valence-corrected chi connectivity index (χ1v) is 9.79. The lowest BCUT2D eigenvalue weighted by molar-refractivity contribution is -0.129. The van der Waals surface area contributed by atoms with Crippen molar-refractivity contribution in [3.63, 3.8) is 0 Å². The summed E-state index contributed by atoms with van der Waals surface area (Å²) in [5.41, 5.74) is -0.245. The molecule has 2 amide bonds. The first kappa shape index (κ1) is 25.2. The van der Waals surface area contributed by atoms with Crippen molar-refractivity contribution in [2.24, 2.45) is 11.3 Å². The Morgan fingerprint density at radius 1 is 0.833 bits per heavy atom. The molecular weight excluding hydrogens is 300 g/mol. The van der Waals surface area contributed by atoms with Crippen molar-refractivity contribution in [2.75, 3.05) is 14.1 Å². The van der Waals surface area contributed by atoms with Gasteiger partial charge in [-0.2, -0.15) is 0 Å². The smallest absolute Gasteiger partial charge is 0.225 e. The van der Waals surface area contributed by atoms with Crippen molar-refractivity contribution in [3.8, 4) is 0 Å². The molecule has 0 rings (SSSR count). The summed E-state index contributed by atoms with van der Waals surface area (Å²) >= 11 is 0. The molecule has 0 aromatic rings. The van der Waals surface area contributed by atoms with Crippen molar-refractivity contribution in [3.05, 3.63) is 0 Å². The van der Waals surface area contributed by atoms with Gasteiger partial charge in [-0.1, -0.05) is 79.6 Å². The molecular formula is C20H42N2O2. The second-order valence-corrected chi connectivity index (χ2v) is 6.99. The minimum absolute atomic E-state index is 0.136. The van der Waals surface area contributed by atoms with E-state index in [1.54, 1.807) is 14.1 Å². The summed E-state index contributed by atoms with van der Waals surface area (Å²) in [5, 5.41) is 5.43. The summed E-state index contributed by atoms with van der Waals surface area (Å²) in [6.45, 7) is 10.0. The molecule has 4 nitrogen and oxygen atoms in total. The number of hydrogen-bond acceptors (Lipinski definition) is 2. The SMILES string of the molecule is CC.CNC(=O)C(C)CCCCCCCCCC(C)(C)C(=O)NC. The molecule has 4 heteroatoms. The fourth-order valence-corrected chi connectivity index (χ4v) is 2.73. The zero-order valence-electron chi connectivity index (χ0n) is 17.3. The van der Waals surface area contributed by atoms with Gasteiger partial charge in [0.05, 0.1) is 0 Å². The van der Waals surface area contributed by atoms with Crippen LogP contribution >= 0.6 is 0 Å². The number of hydrogen-bond donors (Lipinski definition) is 2. The monoisotopic (exact) mass is 342 g/mol. The van der Waals surface area contributed by atoms with E-state index >= 15 is 0 Å². The van der Waals surface area contributed by atoms with E-state index in [1.165, 1.54) is 32.1 Å². The first-order chi connectivity index (χ1) is 11.3. The van der Waals surface area contributed by atoms with Crippen LogP contribution in [0.1, 0.15) is 92.4 Å². The third-order valence-electron chi connectivity index (χ3n) is 4.47. The Kier molecular flexibility index (Phi) is 16.2. The summed E-state index contributed by atoms with van der Waals surface area (Å²) in [4.78, 5) is 23.0. The predicted octanol–water partition coefficient (Wildman–Crippen LogP) is 4.68. The molecule has 1 unspecified atom stereocenters. The molecule has 0 bridgehead atoms. The lowest BCUT2D eigenvalue weighted by Gasteiger charge is -2.22. The van der Waals surface area contributed by atoms with E-state index in [0.717, 1.165) is 25.7 Å². The van der Waals surface area contributed by atoms with E-state index in [0.29, 0.717) is 0 Å².